The number of nitrogens with one attached hydrogen (secondary N) is 1. The maximum absolute atomic E-state index is 4.61. The van der Waals surface area contributed by atoms with E-state index in [0.29, 0.717) is 6.04 Å². The molecule has 1 aliphatic rings. The van der Waals surface area contributed by atoms with Gasteiger partial charge in [0, 0.05) is 25.0 Å². The molecule has 0 spiro atoms. The van der Waals surface area contributed by atoms with Crippen molar-refractivity contribution in [2.24, 2.45) is 5.92 Å². The fraction of sp³-hybridized carbons (Fsp3) is 0.727. The van der Waals surface area contributed by atoms with Crippen molar-refractivity contribution in [1.82, 2.24) is 10.3 Å². The predicted molar refractivity (Wildman–Crippen MR) is 65.5 cm³/mol. The van der Waals surface area contributed by atoms with Gasteiger partial charge < -0.3 is 10.2 Å². The van der Waals surface area contributed by atoms with Crippen LogP contribution in [0.3, 0.4) is 0 Å². The van der Waals surface area contributed by atoms with Crippen molar-refractivity contribution in [3.63, 3.8) is 0 Å². The first-order chi connectivity index (χ1) is 7.22. The molecule has 1 aromatic heterocycles. The monoisotopic (exact) mass is 225 g/mol. The average Bonchev–Trinajstić information content (AvgIpc) is 2.98. The average molecular weight is 225 g/mol. The second kappa shape index (κ2) is 4.49. The Hall–Kier alpha value is -0.610. The van der Waals surface area contributed by atoms with Gasteiger partial charge in [0.2, 0.25) is 0 Å². The summed E-state index contributed by atoms with van der Waals surface area (Å²) in [6.45, 7) is 3.17. The van der Waals surface area contributed by atoms with E-state index in [1.54, 1.807) is 11.3 Å². The number of hydrogen-bond donors (Lipinski definition) is 1. The lowest BCUT2D eigenvalue weighted by Gasteiger charge is -2.23. The van der Waals surface area contributed by atoms with Crippen molar-refractivity contribution in [3.05, 3.63) is 11.1 Å². The number of hydrogen-bond acceptors (Lipinski definition) is 4. The standard InChI is InChI=1S/C11H19N3S/c1-8(9-4-5-9)14(3)11-13-10(6-12-2)7-15-11/h7-9,12H,4-6H2,1-3H3. The van der Waals surface area contributed by atoms with Gasteiger partial charge in [-0.15, -0.1) is 11.3 Å². The highest BCUT2D eigenvalue weighted by Gasteiger charge is 2.31. The van der Waals surface area contributed by atoms with Gasteiger partial charge in [-0.25, -0.2) is 4.98 Å². The fourth-order valence-electron chi connectivity index (χ4n) is 1.79. The van der Waals surface area contributed by atoms with Crippen LogP contribution in [0, 0.1) is 5.92 Å². The van der Waals surface area contributed by atoms with Crippen molar-refractivity contribution in [3.8, 4) is 0 Å². The molecule has 0 aromatic carbocycles. The molecule has 1 saturated carbocycles. The third kappa shape index (κ3) is 2.49. The molecule has 1 unspecified atom stereocenters. The van der Waals surface area contributed by atoms with Crippen molar-refractivity contribution in [2.75, 3.05) is 19.0 Å². The Balaban J connectivity index is 2.00. The van der Waals surface area contributed by atoms with E-state index in [-0.39, 0.29) is 0 Å². The zero-order valence-electron chi connectivity index (χ0n) is 9.66. The SMILES string of the molecule is CNCc1csc(N(C)C(C)C2CC2)n1. The van der Waals surface area contributed by atoms with Crippen LogP contribution in [-0.4, -0.2) is 25.1 Å². The Bertz CT molecular complexity index is 319. The highest BCUT2D eigenvalue weighted by molar-refractivity contribution is 7.13. The molecule has 1 aromatic rings. The summed E-state index contributed by atoms with van der Waals surface area (Å²) in [7, 11) is 4.11. The first-order valence-electron chi connectivity index (χ1n) is 5.54. The number of rotatable bonds is 5. The van der Waals surface area contributed by atoms with E-state index >= 15 is 0 Å². The van der Waals surface area contributed by atoms with E-state index in [2.05, 4.69) is 34.6 Å². The van der Waals surface area contributed by atoms with Crippen LogP contribution >= 0.6 is 11.3 Å². The lowest BCUT2D eigenvalue weighted by atomic mass is 10.2. The maximum Gasteiger partial charge on any atom is 0.185 e. The van der Waals surface area contributed by atoms with E-state index in [4.69, 9.17) is 0 Å². The van der Waals surface area contributed by atoms with Gasteiger partial charge in [0.05, 0.1) is 5.69 Å². The minimum atomic E-state index is 0.638. The van der Waals surface area contributed by atoms with Gasteiger partial charge in [0.1, 0.15) is 0 Å². The molecule has 0 aliphatic heterocycles. The van der Waals surface area contributed by atoms with Crippen molar-refractivity contribution >= 4 is 16.5 Å². The van der Waals surface area contributed by atoms with Gasteiger partial charge in [-0.2, -0.15) is 0 Å². The van der Waals surface area contributed by atoms with E-state index in [1.165, 1.54) is 12.8 Å². The minimum absolute atomic E-state index is 0.638. The molecule has 2 rings (SSSR count). The third-order valence-corrected chi connectivity index (χ3v) is 4.09. The van der Waals surface area contributed by atoms with Crippen molar-refractivity contribution < 1.29 is 0 Å². The van der Waals surface area contributed by atoms with Crippen molar-refractivity contribution in [2.45, 2.75) is 32.4 Å². The molecule has 1 aliphatic carbocycles. The van der Waals surface area contributed by atoms with Gasteiger partial charge in [0.15, 0.2) is 5.13 Å². The quantitative estimate of drug-likeness (QED) is 0.832. The van der Waals surface area contributed by atoms with Crippen LogP contribution in [0.5, 0.6) is 0 Å². The number of anilines is 1. The lowest BCUT2D eigenvalue weighted by molar-refractivity contribution is 0.607. The van der Waals surface area contributed by atoms with Crippen molar-refractivity contribution in [1.29, 1.82) is 0 Å². The summed E-state index contributed by atoms with van der Waals surface area (Å²) < 4.78 is 0. The second-order valence-corrected chi connectivity index (χ2v) is 5.18. The molecule has 3 nitrogen and oxygen atoms in total. The molecule has 0 saturated heterocycles. The zero-order valence-corrected chi connectivity index (χ0v) is 10.5. The smallest absolute Gasteiger partial charge is 0.185 e. The summed E-state index contributed by atoms with van der Waals surface area (Å²) in [5.41, 5.74) is 1.15. The van der Waals surface area contributed by atoms with Crippen LogP contribution < -0.4 is 10.2 Å². The Morgan fingerprint density at radius 2 is 2.40 bits per heavy atom. The molecular formula is C11H19N3S. The first-order valence-corrected chi connectivity index (χ1v) is 6.42. The van der Waals surface area contributed by atoms with E-state index < -0.39 is 0 Å². The van der Waals surface area contributed by atoms with Crippen LogP contribution in [0.15, 0.2) is 5.38 Å². The summed E-state index contributed by atoms with van der Waals surface area (Å²) in [6, 6.07) is 0.638. The summed E-state index contributed by atoms with van der Waals surface area (Å²) >= 11 is 1.75. The molecule has 4 heteroatoms. The normalized spacial score (nSPS) is 17.8. The molecule has 0 bridgehead atoms. The Kier molecular flexibility index (Phi) is 3.26. The van der Waals surface area contributed by atoms with Crippen LogP contribution in [0.1, 0.15) is 25.5 Å². The van der Waals surface area contributed by atoms with Gasteiger partial charge >= 0.3 is 0 Å². The van der Waals surface area contributed by atoms with Gasteiger partial charge in [-0.1, -0.05) is 0 Å². The minimum Gasteiger partial charge on any atom is -0.348 e. The molecule has 1 N–H and O–H groups in total. The van der Waals surface area contributed by atoms with Crippen LogP contribution in [0.4, 0.5) is 5.13 Å². The van der Waals surface area contributed by atoms with Gasteiger partial charge in [-0.3, -0.25) is 0 Å². The molecule has 1 atom stereocenters. The fourth-order valence-corrected chi connectivity index (χ4v) is 2.67. The van der Waals surface area contributed by atoms with E-state index in [1.807, 2.05) is 7.05 Å². The Morgan fingerprint density at radius 1 is 1.67 bits per heavy atom. The van der Waals surface area contributed by atoms with Gasteiger partial charge in [0.25, 0.3) is 0 Å². The summed E-state index contributed by atoms with van der Waals surface area (Å²) in [4.78, 5) is 6.93. The summed E-state index contributed by atoms with van der Waals surface area (Å²) in [5.74, 6) is 0.895. The molecule has 84 valence electrons. The molecule has 1 fully saturated rings. The zero-order chi connectivity index (χ0) is 10.8. The van der Waals surface area contributed by atoms with Crippen LogP contribution in [-0.2, 0) is 6.54 Å². The largest absolute Gasteiger partial charge is 0.348 e. The maximum atomic E-state index is 4.61. The predicted octanol–water partition coefficient (Wildman–Crippen LogP) is 2.10. The lowest BCUT2D eigenvalue weighted by Crippen LogP contribution is -2.30. The first kappa shape index (κ1) is 10.9. The van der Waals surface area contributed by atoms with Crippen LogP contribution in [0.25, 0.3) is 0 Å². The number of aromatic nitrogens is 1. The van der Waals surface area contributed by atoms with Gasteiger partial charge in [-0.05, 0) is 32.7 Å². The number of nitrogens with zero attached hydrogens (tertiary/aromatic N) is 2. The third-order valence-electron chi connectivity index (χ3n) is 3.11. The highest BCUT2D eigenvalue weighted by Crippen LogP contribution is 2.36. The van der Waals surface area contributed by atoms with E-state index in [9.17, 15) is 0 Å². The Labute approximate surface area is 95.5 Å². The molecular weight excluding hydrogens is 206 g/mol. The topological polar surface area (TPSA) is 28.2 Å². The highest BCUT2D eigenvalue weighted by atomic mass is 32.1. The summed E-state index contributed by atoms with van der Waals surface area (Å²) in [6.07, 6.45) is 2.78. The summed E-state index contributed by atoms with van der Waals surface area (Å²) in [5, 5.41) is 6.42. The molecule has 0 amide bonds. The second-order valence-electron chi connectivity index (χ2n) is 4.34. The van der Waals surface area contributed by atoms with E-state index in [0.717, 1.165) is 23.3 Å². The molecule has 1 heterocycles. The molecule has 0 radical (unpaired) electrons. The Morgan fingerprint density at radius 3 is 3.00 bits per heavy atom. The molecule has 15 heavy (non-hydrogen) atoms. The van der Waals surface area contributed by atoms with Crippen LogP contribution in [0.2, 0.25) is 0 Å². The number of thiazole rings is 1.